The van der Waals surface area contributed by atoms with E-state index in [0.717, 1.165) is 64.3 Å². The van der Waals surface area contributed by atoms with Crippen LogP contribution < -0.4 is 5.32 Å². The van der Waals surface area contributed by atoms with Gasteiger partial charge in [-0.3, -0.25) is 9.35 Å². The summed E-state index contributed by atoms with van der Waals surface area (Å²) in [6.07, 6.45) is 7.47. The number of aliphatic hydroxyl groups excluding tert-OH is 3. The number of rotatable bonds is 12. The number of hydrogen-bond acceptors (Lipinski definition) is 6. The van der Waals surface area contributed by atoms with Crippen LogP contribution in [-0.4, -0.2) is 96.5 Å². The third kappa shape index (κ3) is 7.20. The first-order valence-corrected chi connectivity index (χ1v) is 18.2. The number of nitrogens with one attached hydrogen (secondary N) is 1. The largest absolute Gasteiger partial charge is 0.393 e. The molecule has 0 aromatic rings. The van der Waals surface area contributed by atoms with E-state index in [-0.39, 0.29) is 52.5 Å². The van der Waals surface area contributed by atoms with Gasteiger partial charge in [-0.2, -0.15) is 8.42 Å². The summed E-state index contributed by atoms with van der Waals surface area (Å²) in [6.45, 7) is 8.87. The number of nitrogens with zero attached hydrogens (tertiary/aromatic N) is 1. The minimum Gasteiger partial charge on any atom is -0.393 e. The SMILES string of the molecule is C[C@H](CCC(=O)NCCC[N+](C)(C)CCCS(=O)(=O)O)[C@H]1CC[C@H]2[C@H]3[C@H](O)C[C@@H]4C[C@H](O)CC[C@]4(C)[C@H]3C[C@H](O)[C@]12C. The first-order chi connectivity index (χ1) is 19.5. The molecule has 9 nitrogen and oxygen atoms in total. The highest BCUT2D eigenvalue weighted by Crippen LogP contribution is 2.68. The van der Waals surface area contributed by atoms with Crippen LogP contribution in [0.2, 0.25) is 0 Å². The Hall–Kier alpha value is -0.780. The van der Waals surface area contributed by atoms with Crippen molar-refractivity contribution < 1.29 is 37.6 Å². The van der Waals surface area contributed by atoms with E-state index in [4.69, 9.17) is 4.55 Å². The number of quaternary nitrogens is 1. The Morgan fingerprint density at radius 2 is 1.69 bits per heavy atom. The van der Waals surface area contributed by atoms with E-state index < -0.39 is 16.2 Å². The zero-order valence-electron chi connectivity index (χ0n) is 26.7. The molecule has 0 heterocycles. The Labute approximate surface area is 254 Å². The van der Waals surface area contributed by atoms with Gasteiger partial charge in [-0.25, -0.2) is 0 Å². The number of carbonyl (C=O) groups is 1. The molecule has 0 spiro atoms. The zero-order valence-corrected chi connectivity index (χ0v) is 27.5. The minimum absolute atomic E-state index is 0.0450. The van der Waals surface area contributed by atoms with Crippen molar-refractivity contribution in [3.63, 3.8) is 0 Å². The lowest BCUT2D eigenvalue weighted by atomic mass is 9.43. The van der Waals surface area contributed by atoms with Gasteiger partial charge in [0.2, 0.25) is 5.91 Å². The van der Waals surface area contributed by atoms with Crippen molar-refractivity contribution in [2.24, 2.45) is 46.3 Å². The van der Waals surface area contributed by atoms with E-state index in [0.29, 0.717) is 48.2 Å². The Balaban J connectivity index is 1.27. The first kappa shape index (κ1) is 34.1. The summed E-state index contributed by atoms with van der Waals surface area (Å²) < 4.78 is 31.5. The normalized spacial score (nSPS) is 41.0. The van der Waals surface area contributed by atoms with Crippen molar-refractivity contribution in [1.82, 2.24) is 5.32 Å². The summed E-state index contributed by atoms with van der Waals surface area (Å²) in [7, 11) is 0.114. The van der Waals surface area contributed by atoms with E-state index in [1.807, 2.05) is 14.1 Å². The van der Waals surface area contributed by atoms with Crippen molar-refractivity contribution in [2.45, 2.75) is 110 Å². The fourth-order valence-electron chi connectivity index (χ4n) is 10.3. The maximum absolute atomic E-state index is 12.7. The molecule has 0 aliphatic heterocycles. The maximum Gasteiger partial charge on any atom is 0.265 e. The van der Waals surface area contributed by atoms with E-state index >= 15 is 0 Å². The number of amides is 1. The van der Waals surface area contributed by atoms with Gasteiger partial charge < -0.3 is 25.1 Å². The Morgan fingerprint density at radius 3 is 2.38 bits per heavy atom. The van der Waals surface area contributed by atoms with Gasteiger partial charge in [-0.15, -0.1) is 0 Å². The first-order valence-electron chi connectivity index (χ1n) is 16.6. The molecular weight excluding hydrogens is 556 g/mol. The summed E-state index contributed by atoms with van der Waals surface area (Å²) in [5.74, 6) is 1.52. The highest BCUT2D eigenvalue weighted by Gasteiger charge is 2.65. The molecular formula is C32H59N2O7S+. The molecule has 0 radical (unpaired) electrons. The van der Waals surface area contributed by atoms with Gasteiger partial charge >= 0.3 is 0 Å². The molecule has 10 heteroatoms. The van der Waals surface area contributed by atoms with E-state index in [2.05, 4.69) is 26.1 Å². The third-order valence-corrected chi connectivity index (χ3v) is 13.6. The van der Waals surface area contributed by atoms with Crippen LogP contribution >= 0.6 is 0 Å². The van der Waals surface area contributed by atoms with Gasteiger partial charge in [0.1, 0.15) is 0 Å². The zero-order chi connectivity index (χ0) is 31.1. The molecule has 0 aromatic heterocycles. The van der Waals surface area contributed by atoms with E-state index in [9.17, 15) is 28.5 Å². The molecule has 11 atom stereocenters. The van der Waals surface area contributed by atoms with Crippen LogP contribution in [0.5, 0.6) is 0 Å². The lowest BCUT2D eigenvalue weighted by Gasteiger charge is -2.63. The predicted molar refractivity (Wildman–Crippen MR) is 163 cm³/mol. The molecule has 42 heavy (non-hydrogen) atoms. The fraction of sp³-hybridized carbons (Fsp3) is 0.969. The molecule has 0 unspecified atom stereocenters. The summed E-state index contributed by atoms with van der Waals surface area (Å²) in [5, 5.41) is 36.6. The van der Waals surface area contributed by atoms with Crippen LogP contribution in [0.4, 0.5) is 0 Å². The molecule has 4 fully saturated rings. The molecule has 4 rings (SSSR count). The second kappa shape index (κ2) is 12.9. The maximum atomic E-state index is 12.7. The second-order valence-corrected chi connectivity index (χ2v) is 17.3. The fourth-order valence-corrected chi connectivity index (χ4v) is 10.8. The summed E-state index contributed by atoms with van der Waals surface area (Å²) in [4.78, 5) is 12.7. The van der Waals surface area contributed by atoms with Crippen molar-refractivity contribution in [3.8, 4) is 0 Å². The van der Waals surface area contributed by atoms with Crippen molar-refractivity contribution in [1.29, 1.82) is 0 Å². The van der Waals surface area contributed by atoms with Crippen molar-refractivity contribution in [2.75, 3.05) is 39.5 Å². The van der Waals surface area contributed by atoms with Gasteiger partial charge in [0.15, 0.2) is 0 Å². The third-order valence-electron chi connectivity index (χ3n) is 12.8. The molecule has 0 bridgehead atoms. The van der Waals surface area contributed by atoms with Crippen LogP contribution in [0, 0.1) is 46.3 Å². The van der Waals surface area contributed by atoms with Crippen LogP contribution in [0.15, 0.2) is 0 Å². The van der Waals surface area contributed by atoms with E-state index in [1.54, 1.807) is 0 Å². The summed E-state index contributed by atoms with van der Waals surface area (Å²) in [6, 6.07) is 0. The highest BCUT2D eigenvalue weighted by molar-refractivity contribution is 7.85. The topological polar surface area (TPSA) is 144 Å². The molecule has 4 saturated carbocycles. The second-order valence-electron chi connectivity index (χ2n) is 15.8. The van der Waals surface area contributed by atoms with Crippen molar-refractivity contribution in [3.05, 3.63) is 0 Å². The summed E-state index contributed by atoms with van der Waals surface area (Å²) >= 11 is 0. The van der Waals surface area contributed by atoms with Gasteiger partial charge in [-0.1, -0.05) is 20.8 Å². The Morgan fingerprint density at radius 1 is 1.00 bits per heavy atom. The quantitative estimate of drug-likeness (QED) is 0.129. The van der Waals surface area contributed by atoms with Crippen LogP contribution in [0.25, 0.3) is 0 Å². The van der Waals surface area contributed by atoms with Gasteiger partial charge in [-0.05, 0) is 97.7 Å². The minimum atomic E-state index is -3.93. The van der Waals surface area contributed by atoms with Crippen LogP contribution in [-0.2, 0) is 14.9 Å². The molecule has 0 saturated heterocycles. The van der Waals surface area contributed by atoms with Gasteiger partial charge in [0.25, 0.3) is 10.1 Å². The molecule has 244 valence electrons. The lowest BCUT2D eigenvalue weighted by Crippen LogP contribution is -2.62. The van der Waals surface area contributed by atoms with Crippen molar-refractivity contribution >= 4 is 16.0 Å². The smallest absolute Gasteiger partial charge is 0.265 e. The highest BCUT2D eigenvalue weighted by atomic mass is 32.2. The standard InChI is InChI=1S/C32H58N2O7S/c1-21(8-11-29(38)33-14-6-15-34(4,5)16-7-17-42(39,40)41)24-9-10-25-30-26(20-28(37)32(24,25)3)31(2)13-12-23(35)18-22(31)19-27(30)36/h21-28,30,35-37H,6-20H2,1-5H3,(H-,33,38,39,40,41)/p+1/t21-,22+,23-,24-,25+,26+,27-,28+,30-,31+,32-/m1/s1. The number of fused-ring (bicyclic) bond motifs is 5. The lowest BCUT2D eigenvalue weighted by molar-refractivity contribution is -0.890. The average Bonchev–Trinajstić information content (AvgIpc) is 3.24. The molecule has 4 aliphatic carbocycles. The molecule has 1 amide bonds. The van der Waals surface area contributed by atoms with Gasteiger partial charge in [0, 0.05) is 25.8 Å². The number of hydrogen-bond donors (Lipinski definition) is 5. The van der Waals surface area contributed by atoms with E-state index in [1.165, 1.54) is 0 Å². The average molecular weight is 616 g/mol. The molecule has 0 aromatic carbocycles. The van der Waals surface area contributed by atoms with Crippen LogP contribution in [0.1, 0.15) is 91.4 Å². The Kier molecular flexibility index (Phi) is 10.5. The molecule has 5 N–H and O–H groups in total. The predicted octanol–water partition coefficient (Wildman–Crippen LogP) is 3.22. The number of aliphatic hydroxyl groups is 3. The molecule has 4 aliphatic rings. The Bertz CT molecular complexity index is 1050. The van der Waals surface area contributed by atoms with Crippen LogP contribution in [0.3, 0.4) is 0 Å². The number of carbonyl (C=O) groups excluding carboxylic acids is 1. The monoisotopic (exact) mass is 615 g/mol. The summed E-state index contributed by atoms with van der Waals surface area (Å²) in [5.41, 5.74) is -0.185. The van der Waals surface area contributed by atoms with Gasteiger partial charge in [0.05, 0.1) is 51.2 Å².